The lowest BCUT2D eigenvalue weighted by atomic mass is 9.66. The van der Waals surface area contributed by atoms with Gasteiger partial charge in [-0.3, -0.25) is 4.90 Å². The third kappa shape index (κ3) is 2.57. The molecule has 3 nitrogen and oxygen atoms in total. The number of nitrogens with one attached hydrogen (secondary N) is 2. The van der Waals surface area contributed by atoms with Crippen LogP contribution in [0, 0.1) is 6.92 Å². The summed E-state index contributed by atoms with van der Waals surface area (Å²) < 4.78 is 0. The Labute approximate surface area is 168 Å². The van der Waals surface area contributed by atoms with Gasteiger partial charge in [-0.1, -0.05) is 42.0 Å². The van der Waals surface area contributed by atoms with E-state index in [4.69, 9.17) is 0 Å². The van der Waals surface area contributed by atoms with Gasteiger partial charge >= 0.3 is 0 Å². The summed E-state index contributed by atoms with van der Waals surface area (Å²) in [5.74, 6) is 0. The van der Waals surface area contributed by atoms with Gasteiger partial charge in [0.05, 0.1) is 5.54 Å². The van der Waals surface area contributed by atoms with Crippen LogP contribution < -0.4 is 5.32 Å². The molecular weight excluding hydrogens is 342 g/mol. The van der Waals surface area contributed by atoms with Crippen LogP contribution in [0.1, 0.15) is 48.1 Å². The molecule has 1 spiro atoms. The summed E-state index contributed by atoms with van der Waals surface area (Å²) >= 11 is 0. The fourth-order valence-corrected chi connectivity index (χ4v) is 5.80. The average molecular weight is 374 g/mol. The Morgan fingerprint density at radius 3 is 2.39 bits per heavy atom. The number of fused-ring (bicyclic) bond motifs is 4. The molecule has 1 aliphatic heterocycles. The number of aryl methyl sites for hydroxylation is 1. The Bertz CT molecular complexity index is 991. The maximum atomic E-state index is 3.94. The highest BCUT2D eigenvalue weighted by molar-refractivity contribution is 5.86. The second kappa shape index (κ2) is 6.47. The van der Waals surface area contributed by atoms with Gasteiger partial charge in [0.25, 0.3) is 0 Å². The molecule has 2 N–H and O–H groups in total. The molecule has 0 unspecified atom stereocenters. The van der Waals surface area contributed by atoms with Crippen LogP contribution >= 0.6 is 0 Å². The van der Waals surface area contributed by atoms with Gasteiger partial charge in [0.15, 0.2) is 0 Å². The van der Waals surface area contributed by atoms with E-state index >= 15 is 0 Å². The van der Waals surface area contributed by atoms with Gasteiger partial charge in [-0.05, 0) is 76.4 Å². The lowest BCUT2D eigenvalue weighted by Crippen LogP contribution is -2.55. The van der Waals surface area contributed by atoms with E-state index in [1.807, 2.05) is 0 Å². The maximum absolute atomic E-state index is 3.94. The van der Waals surface area contributed by atoms with Crippen molar-refractivity contribution in [2.75, 3.05) is 20.6 Å². The Hall–Kier alpha value is -2.10. The smallest absolute Gasteiger partial charge is 0.0591 e. The van der Waals surface area contributed by atoms with E-state index in [0.717, 1.165) is 13.0 Å². The van der Waals surface area contributed by atoms with Crippen molar-refractivity contribution in [3.63, 3.8) is 0 Å². The highest BCUT2D eigenvalue weighted by Gasteiger charge is 2.48. The molecule has 1 saturated carbocycles. The minimum Gasteiger partial charge on any atom is -0.357 e. The quantitative estimate of drug-likeness (QED) is 0.673. The number of nitrogens with zero attached hydrogens (tertiary/aromatic N) is 1. The summed E-state index contributed by atoms with van der Waals surface area (Å²) in [5, 5.41) is 5.38. The summed E-state index contributed by atoms with van der Waals surface area (Å²) in [7, 11) is 4.49. The van der Waals surface area contributed by atoms with E-state index in [-0.39, 0.29) is 11.1 Å². The molecule has 2 heterocycles. The molecule has 0 bridgehead atoms. The molecule has 1 fully saturated rings. The summed E-state index contributed by atoms with van der Waals surface area (Å²) in [6.07, 6.45) is 5.80. The lowest BCUT2D eigenvalue weighted by molar-refractivity contribution is 0.0496. The summed E-state index contributed by atoms with van der Waals surface area (Å²) in [4.78, 5) is 6.28. The molecule has 2 aromatic carbocycles. The summed E-state index contributed by atoms with van der Waals surface area (Å²) in [6, 6.07) is 17.9. The van der Waals surface area contributed by atoms with Crippen molar-refractivity contribution in [2.45, 2.75) is 50.1 Å². The first kappa shape index (κ1) is 18.0. The van der Waals surface area contributed by atoms with Gasteiger partial charge in [-0.15, -0.1) is 0 Å². The number of benzene rings is 2. The zero-order chi connectivity index (χ0) is 19.4. The molecule has 0 radical (unpaired) electrons. The number of H-pyrrole nitrogens is 1. The Balaban J connectivity index is 1.54. The molecule has 0 amide bonds. The molecule has 3 aromatic rings. The number of hydrogen-bond acceptors (Lipinski definition) is 2. The number of hydrogen-bond donors (Lipinski definition) is 2. The number of aromatic amines is 1. The van der Waals surface area contributed by atoms with Crippen molar-refractivity contribution >= 4 is 10.9 Å². The third-order valence-corrected chi connectivity index (χ3v) is 7.48. The van der Waals surface area contributed by atoms with Crippen molar-refractivity contribution in [1.29, 1.82) is 0 Å². The van der Waals surface area contributed by atoms with E-state index in [1.54, 1.807) is 5.56 Å². The highest BCUT2D eigenvalue weighted by atomic mass is 15.2. The summed E-state index contributed by atoms with van der Waals surface area (Å²) in [5.41, 5.74) is 7.34. The van der Waals surface area contributed by atoms with Crippen LogP contribution in [0.5, 0.6) is 0 Å². The Morgan fingerprint density at radius 1 is 0.929 bits per heavy atom. The molecule has 146 valence electrons. The monoisotopic (exact) mass is 373 g/mol. The van der Waals surface area contributed by atoms with Gasteiger partial charge in [0.2, 0.25) is 0 Å². The predicted molar refractivity (Wildman–Crippen MR) is 117 cm³/mol. The van der Waals surface area contributed by atoms with Crippen molar-refractivity contribution in [2.24, 2.45) is 0 Å². The van der Waals surface area contributed by atoms with Crippen molar-refractivity contribution in [3.8, 4) is 0 Å². The van der Waals surface area contributed by atoms with Crippen molar-refractivity contribution in [1.82, 2.24) is 15.2 Å². The van der Waals surface area contributed by atoms with Gasteiger partial charge in [0, 0.05) is 28.7 Å². The fraction of sp³-hybridized carbons (Fsp3) is 0.440. The molecule has 2 aliphatic rings. The maximum Gasteiger partial charge on any atom is 0.0591 e. The van der Waals surface area contributed by atoms with Crippen LogP contribution in [0.4, 0.5) is 0 Å². The first-order valence-electron chi connectivity index (χ1n) is 10.6. The average Bonchev–Trinajstić information content (AvgIpc) is 3.09. The largest absolute Gasteiger partial charge is 0.357 e. The standard InChI is InChI=1S/C25H31N3/c1-18-9-10-22-21(17-18)20-11-16-26-24(23(20)27-22)12-14-25(15-13-24,28(2)3)19-7-5-4-6-8-19/h4-10,17,26-27H,11-16H2,1-3H3. The second-order valence-corrected chi connectivity index (χ2v) is 9.08. The third-order valence-electron chi connectivity index (χ3n) is 7.48. The minimum atomic E-state index is 0.0921. The van der Waals surface area contributed by atoms with Gasteiger partial charge in [-0.25, -0.2) is 0 Å². The SMILES string of the molecule is Cc1ccc2[nH]c3c(c2c1)CCNC31CCC(c2ccccc2)(N(C)C)CC1. The fourth-order valence-electron chi connectivity index (χ4n) is 5.80. The van der Waals surface area contributed by atoms with Crippen LogP contribution in [0.25, 0.3) is 10.9 Å². The molecule has 3 heteroatoms. The van der Waals surface area contributed by atoms with Gasteiger partial charge in [-0.2, -0.15) is 0 Å². The molecule has 0 saturated heterocycles. The van der Waals surface area contributed by atoms with Crippen LogP contribution in [0.3, 0.4) is 0 Å². The summed E-state index contributed by atoms with van der Waals surface area (Å²) in [6.45, 7) is 3.27. The van der Waals surface area contributed by atoms with Crippen molar-refractivity contribution < 1.29 is 0 Å². The van der Waals surface area contributed by atoms with E-state index < -0.39 is 0 Å². The van der Waals surface area contributed by atoms with Gasteiger partial charge < -0.3 is 10.3 Å². The van der Waals surface area contributed by atoms with E-state index in [9.17, 15) is 0 Å². The number of aromatic nitrogens is 1. The predicted octanol–water partition coefficient (Wildman–Crippen LogP) is 4.85. The lowest BCUT2D eigenvalue weighted by Gasteiger charge is -2.51. The minimum absolute atomic E-state index is 0.0921. The van der Waals surface area contributed by atoms with E-state index in [1.165, 1.54) is 53.4 Å². The van der Waals surface area contributed by atoms with Crippen molar-refractivity contribution in [3.05, 3.63) is 70.9 Å². The Morgan fingerprint density at radius 2 is 1.68 bits per heavy atom. The molecule has 28 heavy (non-hydrogen) atoms. The second-order valence-electron chi connectivity index (χ2n) is 9.08. The van der Waals surface area contributed by atoms with Crippen LogP contribution in [0.2, 0.25) is 0 Å². The molecule has 1 aromatic heterocycles. The first-order chi connectivity index (χ1) is 13.5. The zero-order valence-corrected chi connectivity index (χ0v) is 17.3. The van der Waals surface area contributed by atoms with Crippen LogP contribution in [0.15, 0.2) is 48.5 Å². The van der Waals surface area contributed by atoms with E-state index in [2.05, 4.69) is 84.8 Å². The van der Waals surface area contributed by atoms with Crippen LogP contribution in [-0.2, 0) is 17.5 Å². The van der Waals surface area contributed by atoms with E-state index in [0.29, 0.717) is 0 Å². The molecule has 5 rings (SSSR count). The highest BCUT2D eigenvalue weighted by Crippen LogP contribution is 2.50. The van der Waals surface area contributed by atoms with Gasteiger partial charge in [0.1, 0.15) is 0 Å². The van der Waals surface area contributed by atoms with Crippen LogP contribution in [-0.4, -0.2) is 30.5 Å². The molecule has 1 aliphatic carbocycles. The molecule has 0 atom stereocenters. The zero-order valence-electron chi connectivity index (χ0n) is 17.3. The first-order valence-corrected chi connectivity index (χ1v) is 10.6. The number of rotatable bonds is 2. The topological polar surface area (TPSA) is 31.1 Å². The normalized spacial score (nSPS) is 27.4. The molecular formula is C25H31N3. The Kier molecular flexibility index (Phi) is 4.15.